The van der Waals surface area contributed by atoms with E-state index in [0.717, 1.165) is 16.7 Å². The summed E-state index contributed by atoms with van der Waals surface area (Å²) in [6.07, 6.45) is 0.199. The second-order valence-electron chi connectivity index (χ2n) is 6.99. The third-order valence-corrected chi connectivity index (χ3v) is 4.73. The minimum Gasteiger partial charge on any atom is -0.325 e. The molecule has 0 radical (unpaired) electrons. The average Bonchev–Trinajstić information content (AvgIpc) is 2.62. The third kappa shape index (κ3) is 4.89. The molecule has 0 bridgehead atoms. The van der Waals surface area contributed by atoms with Gasteiger partial charge in [-0.15, -0.1) is 0 Å². The zero-order chi connectivity index (χ0) is 20.3. The van der Waals surface area contributed by atoms with E-state index in [1.165, 1.54) is 9.80 Å². The SMILES string of the molecule is Cc1cc(C)cc(CN2C(=O)CCN(CC(=O)Nc3ccc(Cl)cc3)C2=O)c1. The van der Waals surface area contributed by atoms with Crippen LogP contribution in [0.4, 0.5) is 10.5 Å². The van der Waals surface area contributed by atoms with Crippen LogP contribution in [0, 0.1) is 13.8 Å². The second kappa shape index (κ2) is 8.44. The second-order valence-corrected chi connectivity index (χ2v) is 7.42. The molecule has 6 nitrogen and oxygen atoms in total. The lowest BCUT2D eigenvalue weighted by Crippen LogP contribution is -2.53. The third-order valence-electron chi connectivity index (χ3n) is 4.48. The van der Waals surface area contributed by atoms with Crippen molar-refractivity contribution in [3.05, 3.63) is 64.2 Å². The zero-order valence-corrected chi connectivity index (χ0v) is 16.6. The number of carbonyl (C=O) groups is 3. The summed E-state index contributed by atoms with van der Waals surface area (Å²) >= 11 is 5.84. The van der Waals surface area contributed by atoms with Crippen molar-refractivity contribution in [2.45, 2.75) is 26.8 Å². The summed E-state index contributed by atoms with van der Waals surface area (Å²) < 4.78 is 0. The fourth-order valence-electron chi connectivity index (χ4n) is 3.29. The van der Waals surface area contributed by atoms with Crippen molar-refractivity contribution in [1.82, 2.24) is 9.80 Å². The van der Waals surface area contributed by atoms with E-state index in [1.54, 1.807) is 24.3 Å². The number of nitrogens with zero attached hydrogens (tertiary/aromatic N) is 2. The first-order chi connectivity index (χ1) is 13.3. The van der Waals surface area contributed by atoms with E-state index in [2.05, 4.69) is 5.32 Å². The standard InChI is InChI=1S/C21H22ClN3O3/c1-14-9-15(2)11-16(10-14)12-25-20(27)7-8-24(21(25)28)13-19(26)23-18-5-3-17(22)4-6-18/h3-6,9-11H,7-8,12-13H2,1-2H3,(H,23,26). The molecule has 1 N–H and O–H groups in total. The van der Waals surface area contributed by atoms with E-state index in [4.69, 9.17) is 11.6 Å². The molecule has 1 aliphatic rings. The van der Waals surface area contributed by atoms with Gasteiger partial charge in [0.2, 0.25) is 11.8 Å². The maximum absolute atomic E-state index is 12.8. The van der Waals surface area contributed by atoms with Crippen molar-refractivity contribution in [2.75, 3.05) is 18.4 Å². The van der Waals surface area contributed by atoms with Crippen LogP contribution in [-0.2, 0) is 16.1 Å². The lowest BCUT2D eigenvalue weighted by molar-refractivity contribution is -0.132. The molecule has 4 amide bonds. The number of carbonyl (C=O) groups excluding carboxylic acids is 3. The number of rotatable bonds is 5. The Morgan fingerprint density at radius 1 is 1.07 bits per heavy atom. The summed E-state index contributed by atoms with van der Waals surface area (Å²) in [7, 11) is 0. The first kappa shape index (κ1) is 19.9. The van der Waals surface area contributed by atoms with E-state index in [1.807, 2.05) is 32.0 Å². The Morgan fingerprint density at radius 3 is 2.36 bits per heavy atom. The Morgan fingerprint density at radius 2 is 1.71 bits per heavy atom. The number of amides is 4. The first-order valence-corrected chi connectivity index (χ1v) is 9.41. The number of hydrogen-bond acceptors (Lipinski definition) is 3. The van der Waals surface area contributed by atoms with Gasteiger partial charge >= 0.3 is 6.03 Å². The van der Waals surface area contributed by atoms with E-state index in [9.17, 15) is 14.4 Å². The van der Waals surface area contributed by atoms with Crippen LogP contribution in [0.5, 0.6) is 0 Å². The molecular weight excluding hydrogens is 378 g/mol. The smallest absolute Gasteiger partial charge is 0.325 e. The molecule has 1 saturated heterocycles. The molecule has 0 spiro atoms. The minimum atomic E-state index is -0.443. The quantitative estimate of drug-likeness (QED) is 0.832. The Bertz CT molecular complexity index is 891. The van der Waals surface area contributed by atoms with Gasteiger partial charge in [-0.3, -0.25) is 14.5 Å². The van der Waals surface area contributed by atoms with Gasteiger partial charge < -0.3 is 10.2 Å². The fourth-order valence-corrected chi connectivity index (χ4v) is 3.42. The number of nitrogens with one attached hydrogen (secondary N) is 1. The van der Waals surface area contributed by atoms with Gasteiger partial charge in [-0.05, 0) is 43.7 Å². The van der Waals surface area contributed by atoms with Gasteiger partial charge in [0.25, 0.3) is 0 Å². The number of urea groups is 1. The summed E-state index contributed by atoms with van der Waals surface area (Å²) in [4.78, 5) is 40.0. The molecule has 3 rings (SSSR count). The van der Waals surface area contributed by atoms with Crippen LogP contribution in [0.3, 0.4) is 0 Å². The van der Waals surface area contributed by atoms with Gasteiger partial charge in [0.15, 0.2) is 0 Å². The Hall–Kier alpha value is -2.86. The highest BCUT2D eigenvalue weighted by atomic mass is 35.5. The van der Waals surface area contributed by atoms with Gasteiger partial charge in [-0.2, -0.15) is 0 Å². The number of imide groups is 1. The van der Waals surface area contributed by atoms with Crippen molar-refractivity contribution >= 4 is 35.1 Å². The molecular formula is C21H22ClN3O3. The summed E-state index contributed by atoms with van der Waals surface area (Å²) in [6, 6.07) is 12.2. The van der Waals surface area contributed by atoms with Crippen molar-refractivity contribution < 1.29 is 14.4 Å². The largest absolute Gasteiger partial charge is 0.327 e. The summed E-state index contributed by atoms with van der Waals surface area (Å²) in [6.45, 7) is 4.27. The van der Waals surface area contributed by atoms with Crippen molar-refractivity contribution in [1.29, 1.82) is 0 Å². The number of halogens is 1. The van der Waals surface area contributed by atoms with E-state index in [-0.39, 0.29) is 37.9 Å². The maximum atomic E-state index is 12.8. The first-order valence-electron chi connectivity index (χ1n) is 9.03. The normalized spacial score (nSPS) is 14.4. The van der Waals surface area contributed by atoms with Crippen LogP contribution in [0.1, 0.15) is 23.1 Å². The molecule has 0 atom stereocenters. The molecule has 0 aromatic heterocycles. The van der Waals surface area contributed by atoms with E-state index < -0.39 is 6.03 Å². The summed E-state index contributed by atoms with van der Waals surface area (Å²) in [5, 5.41) is 3.31. The Balaban J connectivity index is 1.66. The highest BCUT2D eigenvalue weighted by molar-refractivity contribution is 6.30. The molecule has 0 saturated carbocycles. The molecule has 1 aliphatic heterocycles. The van der Waals surface area contributed by atoms with Crippen LogP contribution >= 0.6 is 11.6 Å². The monoisotopic (exact) mass is 399 g/mol. The summed E-state index contributed by atoms with van der Waals surface area (Å²) in [5.41, 5.74) is 3.64. The van der Waals surface area contributed by atoms with Gasteiger partial charge in [-0.25, -0.2) is 4.79 Å². The van der Waals surface area contributed by atoms with Gasteiger partial charge in [0, 0.05) is 23.7 Å². The highest BCUT2D eigenvalue weighted by Gasteiger charge is 2.33. The van der Waals surface area contributed by atoms with Crippen molar-refractivity contribution in [3.8, 4) is 0 Å². The maximum Gasteiger partial charge on any atom is 0.327 e. The predicted molar refractivity (Wildman–Crippen MR) is 108 cm³/mol. The molecule has 0 aliphatic carbocycles. The fraction of sp³-hybridized carbons (Fsp3) is 0.286. The lowest BCUT2D eigenvalue weighted by Gasteiger charge is -2.33. The van der Waals surface area contributed by atoms with Crippen LogP contribution in [0.2, 0.25) is 5.02 Å². The van der Waals surface area contributed by atoms with E-state index in [0.29, 0.717) is 10.7 Å². The molecule has 28 heavy (non-hydrogen) atoms. The van der Waals surface area contributed by atoms with Crippen LogP contribution in [0.25, 0.3) is 0 Å². The lowest BCUT2D eigenvalue weighted by atomic mass is 10.1. The molecule has 0 unspecified atom stereocenters. The van der Waals surface area contributed by atoms with Gasteiger partial charge in [-0.1, -0.05) is 40.9 Å². The number of anilines is 1. The molecule has 7 heteroatoms. The molecule has 2 aromatic carbocycles. The topological polar surface area (TPSA) is 69.7 Å². The number of hydrogen-bond donors (Lipinski definition) is 1. The number of benzene rings is 2. The van der Waals surface area contributed by atoms with E-state index >= 15 is 0 Å². The Labute approximate surface area is 169 Å². The van der Waals surface area contributed by atoms with Crippen LogP contribution in [0.15, 0.2) is 42.5 Å². The average molecular weight is 400 g/mol. The van der Waals surface area contributed by atoms with Crippen LogP contribution in [-0.4, -0.2) is 40.7 Å². The van der Waals surface area contributed by atoms with Crippen LogP contribution < -0.4 is 5.32 Å². The minimum absolute atomic E-state index is 0.113. The van der Waals surface area contributed by atoms with Gasteiger partial charge in [0.05, 0.1) is 6.54 Å². The Kier molecular flexibility index (Phi) is 5.99. The van der Waals surface area contributed by atoms with Gasteiger partial charge in [0.1, 0.15) is 6.54 Å². The molecule has 1 heterocycles. The summed E-state index contributed by atoms with van der Waals surface area (Å²) in [5.74, 6) is -0.546. The molecule has 2 aromatic rings. The highest BCUT2D eigenvalue weighted by Crippen LogP contribution is 2.18. The van der Waals surface area contributed by atoms with Crippen molar-refractivity contribution in [2.24, 2.45) is 0 Å². The predicted octanol–water partition coefficient (Wildman–Crippen LogP) is 3.75. The molecule has 146 valence electrons. The zero-order valence-electron chi connectivity index (χ0n) is 15.9. The van der Waals surface area contributed by atoms with Crippen molar-refractivity contribution in [3.63, 3.8) is 0 Å². The number of aryl methyl sites for hydroxylation is 2. The molecule has 1 fully saturated rings.